The fourth-order valence-corrected chi connectivity index (χ4v) is 4.31. The van der Waals surface area contributed by atoms with Crippen LogP contribution in [0.4, 0.5) is 0 Å². The Hall–Kier alpha value is -1.88. The van der Waals surface area contributed by atoms with Gasteiger partial charge >= 0.3 is 0 Å². The highest BCUT2D eigenvalue weighted by atomic mass is 16.3. The molecule has 27 heavy (non-hydrogen) atoms. The number of carbonyl (C=O) groups is 2. The topological polar surface area (TPSA) is 69.6 Å². The number of piperidine rings is 1. The standard InChI is InChI=1S/C22H32N2O3/c1-21(2,3)20(26)24-13-7-10-17(14-24)19(25)23-15-22(27)12-6-9-16-8-4-5-11-18(16)22/h4-5,8,11,17,27H,6-7,9-10,12-15H2,1-3H3,(H,23,25)/t17-,22+/m0/s1. The number of hydrogen-bond acceptors (Lipinski definition) is 3. The number of aryl methyl sites for hydroxylation is 1. The van der Waals surface area contributed by atoms with Gasteiger partial charge in [-0.3, -0.25) is 9.59 Å². The van der Waals surface area contributed by atoms with Crippen LogP contribution in [0.5, 0.6) is 0 Å². The first-order valence-electron chi connectivity index (χ1n) is 10.1. The number of amides is 2. The average molecular weight is 373 g/mol. The number of benzene rings is 1. The molecule has 148 valence electrons. The Labute approximate surface area is 162 Å². The number of hydrogen-bond donors (Lipinski definition) is 2. The van der Waals surface area contributed by atoms with Gasteiger partial charge in [0.15, 0.2) is 0 Å². The van der Waals surface area contributed by atoms with Crippen LogP contribution in [0.1, 0.15) is 57.6 Å². The second kappa shape index (κ2) is 7.63. The van der Waals surface area contributed by atoms with Gasteiger partial charge < -0.3 is 15.3 Å². The lowest BCUT2D eigenvalue weighted by molar-refractivity contribution is -0.143. The zero-order valence-electron chi connectivity index (χ0n) is 16.8. The molecule has 1 aromatic rings. The Bertz CT molecular complexity index is 710. The van der Waals surface area contributed by atoms with Gasteiger partial charge in [-0.15, -0.1) is 0 Å². The Balaban J connectivity index is 1.62. The summed E-state index contributed by atoms with van der Waals surface area (Å²) in [5, 5.41) is 14.1. The van der Waals surface area contributed by atoms with Crippen LogP contribution in [0, 0.1) is 11.3 Å². The van der Waals surface area contributed by atoms with Crippen LogP contribution < -0.4 is 5.32 Å². The Morgan fingerprint density at radius 1 is 1.26 bits per heavy atom. The van der Waals surface area contributed by atoms with Gasteiger partial charge in [-0.25, -0.2) is 0 Å². The SMILES string of the molecule is CC(C)(C)C(=O)N1CCC[C@H](C(=O)NC[C@]2(O)CCCc3ccccc32)C1. The van der Waals surface area contributed by atoms with Crippen molar-refractivity contribution in [3.8, 4) is 0 Å². The molecule has 1 fully saturated rings. The Morgan fingerprint density at radius 3 is 2.74 bits per heavy atom. The van der Waals surface area contributed by atoms with Gasteiger partial charge in [0, 0.05) is 18.5 Å². The van der Waals surface area contributed by atoms with E-state index in [2.05, 4.69) is 11.4 Å². The second-order valence-corrected chi connectivity index (χ2v) is 9.10. The molecule has 2 atom stereocenters. The number of carbonyl (C=O) groups excluding carboxylic acids is 2. The first kappa shape index (κ1) is 19.9. The van der Waals surface area contributed by atoms with E-state index in [1.165, 1.54) is 5.56 Å². The molecular weight excluding hydrogens is 340 g/mol. The third kappa shape index (κ3) is 4.34. The highest BCUT2D eigenvalue weighted by Crippen LogP contribution is 2.34. The molecule has 5 nitrogen and oxygen atoms in total. The van der Waals surface area contributed by atoms with Crippen molar-refractivity contribution < 1.29 is 14.7 Å². The predicted octanol–water partition coefficient (Wildman–Crippen LogP) is 2.61. The van der Waals surface area contributed by atoms with Crippen molar-refractivity contribution in [1.29, 1.82) is 0 Å². The molecule has 1 aromatic carbocycles. The minimum Gasteiger partial charge on any atom is -0.383 e. The highest BCUT2D eigenvalue weighted by molar-refractivity contribution is 5.84. The Morgan fingerprint density at radius 2 is 2.00 bits per heavy atom. The lowest BCUT2D eigenvalue weighted by atomic mass is 9.79. The van der Waals surface area contributed by atoms with Gasteiger partial charge in [-0.05, 0) is 43.2 Å². The van der Waals surface area contributed by atoms with Crippen LogP contribution in [0.15, 0.2) is 24.3 Å². The van der Waals surface area contributed by atoms with Crippen molar-refractivity contribution >= 4 is 11.8 Å². The van der Waals surface area contributed by atoms with E-state index in [1.807, 2.05) is 43.9 Å². The van der Waals surface area contributed by atoms with E-state index in [9.17, 15) is 14.7 Å². The van der Waals surface area contributed by atoms with E-state index in [4.69, 9.17) is 0 Å². The molecule has 2 amide bonds. The average Bonchev–Trinajstić information content (AvgIpc) is 2.65. The summed E-state index contributed by atoms with van der Waals surface area (Å²) >= 11 is 0. The maximum atomic E-state index is 12.8. The van der Waals surface area contributed by atoms with E-state index in [0.717, 1.165) is 37.8 Å². The number of likely N-dealkylation sites (tertiary alicyclic amines) is 1. The maximum absolute atomic E-state index is 12.8. The maximum Gasteiger partial charge on any atom is 0.227 e. The first-order valence-corrected chi connectivity index (χ1v) is 10.1. The molecule has 0 aromatic heterocycles. The minimum atomic E-state index is -1.000. The van der Waals surface area contributed by atoms with Crippen LogP contribution in [0.2, 0.25) is 0 Å². The van der Waals surface area contributed by atoms with Crippen molar-refractivity contribution in [1.82, 2.24) is 10.2 Å². The molecular formula is C22H32N2O3. The third-order valence-corrected chi connectivity index (χ3v) is 5.83. The summed E-state index contributed by atoms with van der Waals surface area (Å²) in [5.74, 6) is -0.162. The predicted molar refractivity (Wildman–Crippen MR) is 105 cm³/mol. The normalized spacial score (nSPS) is 25.6. The van der Waals surface area contributed by atoms with Gasteiger partial charge in [0.1, 0.15) is 5.60 Å². The van der Waals surface area contributed by atoms with Crippen molar-refractivity contribution in [2.24, 2.45) is 11.3 Å². The number of nitrogens with zero attached hydrogens (tertiary/aromatic N) is 1. The quantitative estimate of drug-likeness (QED) is 0.857. The van der Waals surface area contributed by atoms with Gasteiger partial charge in [0.2, 0.25) is 11.8 Å². The molecule has 1 aliphatic heterocycles. The molecule has 1 saturated heterocycles. The summed E-state index contributed by atoms with van der Waals surface area (Å²) in [6, 6.07) is 7.95. The zero-order chi connectivity index (χ0) is 19.7. The Kier molecular flexibility index (Phi) is 5.61. The van der Waals surface area contributed by atoms with Crippen LogP contribution in [0.3, 0.4) is 0 Å². The summed E-state index contributed by atoms with van der Waals surface area (Å²) in [4.78, 5) is 27.1. The molecule has 0 unspecified atom stereocenters. The van der Waals surface area contributed by atoms with Crippen LogP contribution >= 0.6 is 0 Å². The smallest absolute Gasteiger partial charge is 0.227 e. The van der Waals surface area contributed by atoms with Gasteiger partial charge in [-0.1, -0.05) is 45.0 Å². The molecule has 0 radical (unpaired) electrons. The van der Waals surface area contributed by atoms with Crippen molar-refractivity contribution in [2.75, 3.05) is 19.6 Å². The number of aliphatic hydroxyl groups is 1. The summed E-state index contributed by atoms with van der Waals surface area (Å²) in [6.07, 6.45) is 4.17. The lowest BCUT2D eigenvalue weighted by Gasteiger charge is -2.37. The second-order valence-electron chi connectivity index (χ2n) is 9.10. The molecule has 2 N–H and O–H groups in total. The fourth-order valence-electron chi connectivity index (χ4n) is 4.31. The molecule has 5 heteroatoms. The monoisotopic (exact) mass is 372 g/mol. The zero-order valence-corrected chi connectivity index (χ0v) is 16.8. The summed E-state index contributed by atoms with van der Waals surface area (Å²) in [6.45, 7) is 7.15. The molecule has 0 bridgehead atoms. The molecule has 3 rings (SSSR count). The summed E-state index contributed by atoms with van der Waals surface area (Å²) in [5.41, 5.74) is 0.671. The molecule has 1 heterocycles. The van der Waals surface area contributed by atoms with Crippen LogP contribution in [0.25, 0.3) is 0 Å². The third-order valence-electron chi connectivity index (χ3n) is 5.83. The summed E-state index contributed by atoms with van der Waals surface area (Å²) in [7, 11) is 0. The molecule has 1 aliphatic carbocycles. The van der Waals surface area contributed by atoms with Crippen molar-refractivity contribution in [3.05, 3.63) is 35.4 Å². The van der Waals surface area contributed by atoms with Crippen LogP contribution in [-0.4, -0.2) is 41.5 Å². The molecule has 0 spiro atoms. The summed E-state index contributed by atoms with van der Waals surface area (Å²) < 4.78 is 0. The fraction of sp³-hybridized carbons (Fsp3) is 0.636. The first-order chi connectivity index (χ1) is 12.7. The number of rotatable bonds is 3. The lowest BCUT2D eigenvalue weighted by Crippen LogP contribution is -2.50. The minimum absolute atomic E-state index is 0.0575. The van der Waals surface area contributed by atoms with Gasteiger partial charge in [-0.2, -0.15) is 0 Å². The molecule has 2 aliphatic rings. The highest BCUT2D eigenvalue weighted by Gasteiger charge is 2.37. The largest absolute Gasteiger partial charge is 0.383 e. The van der Waals surface area contributed by atoms with E-state index in [0.29, 0.717) is 13.0 Å². The van der Waals surface area contributed by atoms with Gasteiger partial charge in [0.25, 0.3) is 0 Å². The number of nitrogens with one attached hydrogen (secondary N) is 1. The van der Waals surface area contributed by atoms with E-state index in [1.54, 1.807) is 0 Å². The number of fused-ring (bicyclic) bond motifs is 1. The van der Waals surface area contributed by atoms with E-state index >= 15 is 0 Å². The molecule has 0 saturated carbocycles. The van der Waals surface area contributed by atoms with Crippen LogP contribution in [-0.2, 0) is 21.6 Å². The van der Waals surface area contributed by atoms with E-state index < -0.39 is 11.0 Å². The van der Waals surface area contributed by atoms with E-state index in [-0.39, 0.29) is 24.3 Å². The van der Waals surface area contributed by atoms with Crippen molar-refractivity contribution in [2.45, 2.75) is 58.5 Å². The van der Waals surface area contributed by atoms with Crippen molar-refractivity contribution in [3.63, 3.8) is 0 Å². The van der Waals surface area contributed by atoms with Gasteiger partial charge in [0.05, 0.1) is 12.5 Å².